The van der Waals surface area contributed by atoms with Crippen molar-refractivity contribution in [2.24, 2.45) is 0 Å². The molecule has 2 aromatic carbocycles. The first-order valence-corrected chi connectivity index (χ1v) is 5.87. The smallest absolute Gasteiger partial charge is 0.114 e. The van der Waals surface area contributed by atoms with Crippen LogP contribution in [-0.4, -0.2) is 5.11 Å². The number of aliphatic hydroxyl groups excluding tert-OH is 1. The fourth-order valence-corrected chi connectivity index (χ4v) is 2.79. The Bertz CT molecular complexity index is 539. The Labute approximate surface area is 99.5 Å². The quantitative estimate of drug-likeness (QED) is 0.698. The Kier molecular flexibility index (Phi) is 1.76. The highest BCUT2D eigenvalue weighted by molar-refractivity contribution is 5.48. The van der Waals surface area contributed by atoms with Gasteiger partial charge in [0.25, 0.3) is 0 Å². The summed E-state index contributed by atoms with van der Waals surface area (Å²) in [5, 5.41) is 10.5. The Morgan fingerprint density at radius 3 is 1.59 bits per heavy atom. The van der Waals surface area contributed by atoms with Crippen LogP contribution >= 0.6 is 0 Å². The van der Waals surface area contributed by atoms with E-state index in [0.717, 1.165) is 22.3 Å². The maximum Gasteiger partial charge on any atom is 0.114 e. The van der Waals surface area contributed by atoms with Crippen molar-refractivity contribution < 1.29 is 9.84 Å². The minimum absolute atomic E-state index is 0.129. The molecule has 2 heteroatoms. The van der Waals surface area contributed by atoms with Crippen molar-refractivity contribution in [1.29, 1.82) is 0 Å². The zero-order valence-electron chi connectivity index (χ0n) is 9.21. The van der Waals surface area contributed by atoms with E-state index in [2.05, 4.69) is 12.1 Å². The second-order valence-corrected chi connectivity index (χ2v) is 4.64. The van der Waals surface area contributed by atoms with Crippen LogP contribution < -0.4 is 0 Å². The van der Waals surface area contributed by atoms with E-state index in [-0.39, 0.29) is 12.2 Å². The normalized spacial score (nSPS) is 28.6. The van der Waals surface area contributed by atoms with Crippen LogP contribution in [0.1, 0.15) is 40.6 Å². The number of hydrogen-bond donors (Lipinski definition) is 1. The molecule has 84 valence electrons. The summed E-state index contributed by atoms with van der Waals surface area (Å²) in [7, 11) is 0. The van der Waals surface area contributed by atoms with E-state index < -0.39 is 6.10 Å². The fourth-order valence-electron chi connectivity index (χ4n) is 2.79. The fraction of sp³-hybridized carbons (Fsp3) is 0.200. The second-order valence-electron chi connectivity index (χ2n) is 4.64. The number of fused-ring (bicyclic) bond motifs is 5. The van der Waals surface area contributed by atoms with E-state index in [1.807, 2.05) is 36.4 Å². The lowest BCUT2D eigenvalue weighted by Gasteiger charge is -2.15. The average Bonchev–Trinajstić information content (AvgIpc) is 3.18. The minimum Gasteiger partial charge on any atom is -0.384 e. The maximum absolute atomic E-state index is 10.5. The number of hydrogen-bond acceptors (Lipinski definition) is 2. The summed E-state index contributed by atoms with van der Waals surface area (Å²) in [6.45, 7) is 0. The zero-order chi connectivity index (χ0) is 11.4. The van der Waals surface area contributed by atoms with Gasteiger partial charge in [-0.25, -0.2) is 0 Å². The molecule has 4 rings (SSSR count). The molecule has 0 spiro atoms. The summed E-state index contributed by atoms with van der Waals surface area (Å²) in [5.74, 6) is 0. The van der Waals surface area contributed by atoms with Gasteiger partial charge in [0.1, 0.15) is 18.3 Å². The number of rotatable bonds is 0. The first-order valence-electron chi connectivity index (χ1n) is 5.87. The lowest BCUT2D eigenvalue weighted by molar-refractivity contribution is 0.215. The molecule has 1 heterocycles. The maximum atomic E-state index is 10.5. The van der Waals surface area contributed by atoms with Gasteiger partial charge in [-0.05, 0) is 22.3 Å². The summed E-state index contributed by atoms with van der Waals surface area (Å²) in [6, 6.07) is 16.0. The van der Waals surface area contributed by atoms with Gasteiger partial charge in [0.2, 0.25) is 0 Å². The third-order valence-electron chi connectivity index (χ3n) is 3.69. The van der Waals surface area contributed by atoms with Crippen LogP contribution in [0, 0.1) is 0 Å². The first kappa shape index (κ1) is 9.40. The topological polar surface area (TPSA) is 32.8 Å². The van der Waals surface area contributed by atoms with Gasteiger partial charge < -0.3 is 9.84 Å². The Balaban J connectivity index is 1.99. The van der Waals surface area contributed by atoms with Gasteiger partial charge in [0, 0.05) is 0 Å². The van der Waals surface area contributed by atoms with Crippen LogP contribution in [0.4, 0.5) is 0 Å². The monoisotopic (exact) mass is 224 g/mol. The van der Waals surface area contributed by atoms with E-state index in [4.69, 9.17) is 4.74 Å². The molecular weight excluding hydrogens is 212 g/mol. The molecule has 1 aliphatic carbocycles. The summed E-state index contributed by atoms with van der Waals surface area (Å²) >= 11 is 0. The zero-order valence-corrected chi connectivity index (χ0v) is 9.21. The molecule has 1 N–H and O–H groups in total. The summed E-state index contributed by atoms with van der Waals surface area (Å²) in [4.78, 5) is 0. The highest BCUT2D eigenvalue weighted by atomic mass is 16.6. The third kappa shape index (κ3) is 1.22. The molecule has 2 aliphatic rings. The van der Waals surface area contributed by atoms with Gasteiger partial charge in [-0.1, -0.05) is 48.5 Å². The Hall–Kier alpha value is -1.64. The van der Waals surface area contributed by atoms with E-state index >= 15 is 0 Å². The van der Waals surface area contributed by atoms with E-state index in [1.165, 1.54) is 0 Å². The van der Waals surface area contributed by atoms with Crippen LogP contribution in [0.2, 0.25) is 0 Å². The van der Waals surface area contributed by atoms with Crippen molar-refractivity contribution in [3.8, 4) is 0 Å². The molecule has 2 aromatic rings. The predicted molar refractivity (Wildman–Crippen MR) is 63.5 cm³/mol. The molecule has 1 fully saturated rings. The molecular formula is C15H12O2. The molecule has 0 amide bonds. The van der Waals surface area contributed by atoms with Crippen molar-refractivity contribution in [2.75, 3.05) is 0 Å². The molecule has 0 aromatic heterocycles. The molecule has 2 unspecified atom stereocenters. The Morgan fingerprint density at radius 1 is 0.706 bits per heavy atom. The molecule has 0 radical (unpaired) electrons. The summed E-state index contributed by atoms with van der Waals surface area (Å²) in [5.41, 5.74) is 4.21. The SMILES string of the molecule is OC1c2ccccc2C2OC2c2ccccc21. The molecule has 1 aliphatic heterocycles. The van der Waals surface area contributed by atoms with Crippen LogP contribution in [0.3, 0.4) is 0 Å². The number of ether oxygens (including phenoxy) is 1. The lowest BCUT2D eigenvalue weighted by Crippen LogP contribution is -2.03. The average molecular weight is 224 g/mol. The van der Waals surface area contributed by atoms with Crippen LogP contribution in [0.15, 0.2) is 48.5 Å². The minimum atomic E-state index is -0.529. The molecule has 0 saturated carbocycles. The van der Waals surface area contributed by atoms with Gasteiger partial charge in [-0.2, -0.15) is 0 Å². The second kappa shape index (κ2) is 3.19. The summed E-state index contributed by atoms with van der Waals surface area (Å²) < 4.78 is 5.75. The van der Waals surface area contributed by atoms with Crippen molar-refractivity contribution in [2.45, 2.75) is 18.3 Å². The molecule has 17 heavy (non-hydrogen) atoms. The van der Waals surface area contributed by atoms with Crippen LogP contribution in [0.25, 0.3) is 0 Å². The van der Waals surface area contributed by atoms with Crippen molar-refractivity contribution in [1.82, 2.24) is 0 Å². The van der Waals surface area contributed by atoms with Crippen LogP contribution in [0.5, 0.6) is 0 Å². The summed E-state index contributed by atoms with van der Waals surface area (Å²) in [6.07, 6.45) is -0.271. The molecule has 2 nitrogen and oxygen atoms in total. The molecule has 0 bridgehead atoms. The highest BCUT2D eigenvalue weighted by Crippen LogP contribution is 2.56. The first-order chi connectivity index (χ1) is 8.36. The third-order valence-corrected chi connectivity index (χ3v) is 3.69. The largest absolute Gasteiger partial charge is 0.384 e. The van der Waals surface area contributed by atoms with E-state index in [0.29, 0.717) is 0 Å². The lowest BCUT2D eigenvalue weighted by atomic mass is 9.97. The molecule has 2 atom stereocenters. The van der Waals surface area contributed by atoms with E-state index in [1.54, 1.807) is 0 Å². The van der Waals surface area contributed by atoms with E-state index in [9.17, 15) is 5.11 Å². The van der Waals surface area contributed by atoms with Crippen LogP contribution in [-0.2, 0) is 4.74 Å². The number of epoxide rings is 1. The van der Waals surface area contributed by atoms with Gasteiger partial charge >= 0.3 is 0 Å². The van der Waals surface area contributed by atoms with Gasteiger partial charge in [0.05, 0.1) is 0 Å². The van der Waals surface area contributed by atoms with Gasteiger partial charge in [-0.15, -0.1) is 0 Å². The number of benzene rings is 2. The predicted octanol–water partition coefficient (Wildman–Crippen LogP) is 2.89. The van der Waals surface area contributed by atoms with Gasteiger partial charge in [-0.3, -0.25) is 0 Å². The van der Waals surface area contributed by atoms with Crippen molar-refractivity contribution in [3.63, 3.8) is 0 Å². The highest BCUT2D eigenvalue weighted by Gasteiger charge is 2.47. The standard InChI is InChI=1S/C15H12O2/c16-13-9-5-1-3-7-11(9)14-15(17-14)12-8-4-2-6-10(12)13/h1-8,13-16H. The van der Waals surface area contributed by atoms with Crippen molar-refractivity contribution in [3.05, 3.63) is 70.8 Å². The van der Waals surface area contributed by atoms with Crippen molar-refractivity contribution >= 4 is 0 Å². The van der Waals surface area contributed by atoms with Gasteiger partial charge in [0.15, 0.2) is 0 Å². The Morgan fingerprint density at radius 2 is 1.12 bits per heavy atom. The number of aliphatic hydroxyl groups is 1. The molecule has 1 saturated heterocycles.